The van der Waals surface area contributed by atoms with Crippen LogP contribution in [0.3, 0.4) is 0 Å². The molecule has 4 heterocycles. The lowest BCUT2D eigenvalue weighted by Crippen LogP contribution is -2.31. The molecule has 0 unspecified atom stereocenters. The fourth-order valence-corrected chi connectivity index (χ4v) is 3.08. The van der Waals surface area contributed by atoms with Crippen molar-refractivity contribution >= 4 is 17.5 Å². The van der Waals surface area contributed by atoms with Crippen LogP contribution in [0.25, 0.3) is 0 Å². The summed E-state index contributed by atoms with van der Waals surface area (Å²) in [6, 6.07) is 7.18. The van der Waals surface area contributed by atoms with E-state index in [-0.39, 0.29) is 17.2 Å². The number of rotatable bonds is 4. The van der Waals surface area contributed by atoms with Crippen molar-refractivity contribution in [3.63, 3.8) is 0 Å². The van der Waals surface area contributed by atoms with Crippen LogP contribution >= 0.6 is 0 Å². The lowest BCUT2D eigenvalue weighted by Gasteiger charge is -2.23. The van der Waals surface area contributed by atoms with Gasteiger partial charge in [0.2, 0.25) is 5.78 Å². The Balaban J connectivity index is 1.87. The molecule has 1 amide bonds. The summed E-state index contributed by atoms with van der Waals surface area (Å²) in [6.45, 7) is 3.38. The molecule has 0 saturated carbocycles. The number of aliphatic hydroxyl groups is 1. The first kappa shape index (κ1) is 16.8. The number of ketones is 1. The molecule has 0 saturated heterocycles. The average molecular weight is 365 g/mol. The molecule has 0 aromatic carbocycles. The highest BCUT2D eigenvalue weighted by atomic mass is 16.5. The number of hydrogen-bond acceptors (Lipinski definition) is 7. The third-order valence-corrected chi connectivity index (χ3v) is 4.28. The van der Waals surface area contributed by atoms with Crippen molar-refractivity contribution in [2.24, 2.45) is 0 Å². The molecular formula is C19H15N3O5. The molecule has 136 valence electrons. The Morgan fingerprint density at radius 1 is 1.22 bits per heavy atom. The second-order valence-electron chi connectivity index (χ2n) is 6.16. The summed E-state index contributed by atoms with van der Waals surface area (Å²) in [7, 11) is 0. The average Bonchev–Trinajstić information content (AvgIpc) is 3.35. The van der Waals surface area contributed by atoms with Gasteiger partial charge >= 0.3 is 0 Å². The van der Waals surface area contributed by atoms with E-state index in [1.165, 1.54) is 17.2 Å². The Kier molecular flexibility index (Phi) is 3.88. The summed E-state index contributed by atoms with van der Waals surface area (Å²) >= 11 is 0. The SMILES string of the molecule is Cc1cc(N2C(=O)C(O)=C(C(=O)c3ccc(C)o3)[C@@H]2c2cccnc2)no1. The van der Waals surface area contributed by atoms with Gasteiger partial charge < -0.3 is 14.0 Å². The van der Waals surface area contributed by atoms with Gasteiger partial charge in [0.25, 0.3) is 5.91 Å². The Bertz CT molecular complexity index is 1060. The van der Waals surface area contributed by atoms with Crippen LogP contribution in [0.4, 0.5) is 5.82 Å². The molecule has 8 heteroatoms. The summed E-state index contributed by atoms with van der Waals surface area (Å²) < 4.78 is 10.5. The summed E-state index contributed by atoms with van der Waals surface area (Å²) in [5.74, 6) is -0.712. The number of furan rings is 1. The van der Waals surface area contributed by atoms with Gasteiger partial charge in [-0.3, -0.25) is 19.5 Å². The minimum atomic E-state index is -0.909. The van der Waals surface area contributed by atoms with Crippen LogP contribution in [0.2, 0.25) is 0 Å². The van der Waals surface area contributed by atoms with Gasteiger partial charge in [-0.15, -0.1) is 0 Å². The first-order valence-corrected chi connectivity index (χ1v) is 8.18. The molecule has 8 nitrogen and oxygen atoms in total. The Labute approximate surface area is 153 Å². The highest BCUT2D eigenvalue weighted by molar-refractivity contribution is 6.19. The van der Waals surface area contributed by atoms with Crippen LogP contribution in [-0.2, 0) is 4.79 Å². The van der Waals surface area contributed by atoms with Gasteiger partial charge in [-0.1, -0.05) is 11.2 Å². The number of carbonyl (C=O) groups excluding carboxylic acids is 2. The number of aryl methyl sites for hydroxylation is 2. The second kappa shape index (κ2) is 6.24. The molecule has 4 rings (SSSR count). The number of anilines is 1. The molecule has 1 N–H and O–H groups in total. The van der Waals surface area contributed by atoms with Crippen LogP contribution in [0.5, 0.6) is 0 Å². The fraction of sp³-hybridized carbons (Fsp3) is 0.158. The van der Waals surface area contributed by atoms with Crippen molar-refractivity contribution in [3.05, 3.63) is 76.9 Å². The van der Waals surface area contributed by atoms with E-state index >= 15 is 0 Å². The second-order valence-corrected chi connectivity index (χ2v) is 6.16. The van der Waals surface area contributed by atoms with Gasteiger partial charge in [0.05, 0.1) is 11.6 Å². The molecule has 0 fully saturated rings. The van der Waals surface area contributed by atoms with Gasteiger partial charge in [0.15, 0.2) is 17.3 Å². The quantitative estimate of drug-likeness (QED) is 0.708. The zero-order chi connectivity index (χ0) is 19.1. The zero-order valence-corrected chi connectivity index (χ0v) is 14.5. The normalized spacial score (nSPS) is 17.0. The van der Waals surface area contributed by atoms with E-state index in [0.29, 0.717) is 17.1 Å². The Morgan fingerprint density at radius 3 is 2.63 bits per heavy atom. The molecule has 1 aliphatic heterocycles. The molecule has 0 spiro atoms. The molecule has 27 heavy (non-hydrogen) atoms. The third kappa shape index (κ3) is 2.71. The topological polar surface area (TPSA) is 110 Å². The molecule has 1 atom stereocenters. The first-order valence-electron chi connectivity index (χ1n) is 8.18. The third-order valence-electron chi connectivity index (χ3n) is 4.28. The summed E-state index contributed by atoms with van der Waals surface area (Å²) in [6.07, 6.45) is 3.10. The maximum atomic E-state index is 13.0. The largest absolute Gasteiger partial charge is 0.503 e. The summed E-state index contributed by atoms with van der Waals surface area (Å²) in [5.41, 5.74) is 0.449. The lowest BCUT2D eigenvalue weighted by atomic mass is 9.96. The molecule has 3 aromatic rings. The van der Waals surface area contributed by atoms with Crippen molar-refractivity contribution in [1.82, 2.24) is 10.1 Å². The molecule has 3 aromatic heterocycles. The fourth-order valence-electron chi connectivity index (χ4n) is 3.08. The van der Waals surface area contributed by atoms with E-state index in [4.69, 9.17) is 8.94 Å². The van der Waals surface area contributed by atoms with Crippen LogP contribution in [0.15, 0.2) is 63.0 Å². The monoisotopic (exact) mass is 365 g/mol. The number of Topliss-reactive ketones (excluding diaryl/α,β-unsaturated/α-hetero) is 1. The number of hydrogen-bond donors (Lipinski definition) is 1. The van der Waals surface area contributed by atoms with Gasteiger partial charge in [-0.25, -0.2) is 0 Å². The smallest absolute Gasteiger partial charge is 0.295 e. The molecular weight excluding hydrogens is 350 g/mol. The van der Waals surface area contributed by atoms with Gasteiger partial charge in [0, 0.05) is 18.5 Å². The summed E-state index contributed by atoms with van der Waals surface area (Å²) in [4.78, 5) is 31.1. The first-order chi connectivity index (χ1) is 13.0. The highest BCUT2D eigenvalue weighted by Gasteiger charge is 2.46. The minimum absolute atomic E-state index is 0.0360. The van der Waals surface area contributed by atoms with E-state index < -0.39 is 23.5 Å². The number of amides is 1. The van der Waals surface area contributed by atoms with Crippen molar-refractivity contribution in [2.75, 3.05) is 4.90 Å². The highest BCUT2D eigenvalue weighted by Crippen LogP contribution is 2.41. The molecule has 0 aliphatic carbocycles. The predicted octanol–water partition coefficient (Wildman–Crippen LogP) is 3.06. The van der Waals surface area contributed by atoms with Crippen molar-refractivity contribution in [2.45, 2.75) is 19.9 Å². The van der Waals surface area contributed by atoms with Crippen LogP contribution in [0.1, 0.15) is 33.7 Å². The standard InChI is InChI=1S/C19H15N3O5/c1-10-5-6-13(26-10)17(23)15-16(12-4-3-7-20-9-12)22(19(25)18(15)24)14-8-11(2)27-21-14/h3-9,16,24H,1-2H3/t16-/m0/s1. The van der Waals surface area contributed by atoms with Crippen molar-refractivity contribution in [3.8, 4) is 0 Å². The molecule has 1 aliphatic rings. The van der Waals surface area contributed by atoms with E-state index in [9.17, 15) is 14.7 Å². The lowest BCUT2D eigenvalue weighted by molar-refractivity contribution is -0.117. The summed E-state index contributed by atoms with van der Waals surface area (Å²) in [5, 5.41) is 14.4. The van der Waals surface area contributed by atoms with Crippen LogP contribution in [0, 0.1) is 13.8 Å². The predicted molar refractivity (Wildman–Crippen MR) is 93.1 cm³/mol. The maximum Gasteiger partial charge on any atom is 0.295 e. The van der Waals surface area contributed by atoms with Crippen molar-refractivity contribution < 1.29 is 23.6 Å². The van der Waals surface area contributed by atoms with Crippen LogP contribution in [-0.4, -0.2) is 26.9 Å². The van der Waals surface area contributed by atoms with E-state index in [0.717, 1.165) is 0 Å². The van der Waals surface area contributed by atoms with Gasteiger partial charge in [0.1, 0.15) is 11.5 Å². The van der Waals surface area contributed by atoms with E-state index in [1.807, 2.05) is 0 Å². The molecule has 0 radical (unpaired) electrons. The van der Waals surface area contributed by atoms with Gasteiger partial charge in [-0.2, -0.15) is 0 Å². The van der Waals surface area contributed by atoms with Crippen LogP contribution < -0.4 is 4.90 Å². The van der Waals surface area contributed by atoms with E-state index in [2.05, 4.69) is 10.1 Å². The van der Waals surface area contributed by atoms with Gasteiger partial charge in [-0.05, 0) is 37.6 Å². The molecule has 0 bridgehead atoms. The maximum absolute atomic E-state index is 13.0. The number of nitrogens with zero attached hydrogens (tertiary/aromatic N) is 3. The Morgan fingerprint density at radius 2 is 2.04 bits per heavy atom. The van der Waals surface area contributed by atoms with Crippen molar-refractivity contribution in [1.29, 1.82) is 0 Å². The number of aliphatic hydroxyl groups excluding tert-OH is 1. The number of pyridine rings is 1. The minimum Gasteiger partial charge on any atom is -0.503 e. The van der Waals surface area contributed by atoms with E-state index in [1.54, 1.807) is 44.3 Å². The Hall–Kier alpha value is -3.68. The number of aromatic nitrogens is 2. The number of carbonyl (C=O) groups is 2. The zero-order valence-electron chi connectivity index (χ0n) is 14.5.